The minimum atomic E-state index is -0.482. The van der Waals surface area contributed by atoms with Gasteiger partial charge in [0.05, 0.1) is 0 Å². The molecule has 14 heavy (non-hydrogen) atoms. The van der Waals surface area contributed by atoms with Gasteiger partial charge in [0, 0.05) is 13.5 Å². The molecule has 3 nitrogen and oxygen atoms in total. The van der Waals surface area contributed by atoms with Crippen molar-refractivity contribution in [3.63, 3.8) is 0 Å². The van der Waals surface area contributed by atoms with E-state index in [1.165, 1.54) is 0 Å². The molecule has 0 saturated heterocycles. The Hall–Kier alpha value is -1.19. The number of ether oxygens (including phenoxy) is 2. The fourth-order valence-corrected chi connectivity index (χ4v) is 1.71. The Balaban J connectivity index is 2.35. The van der Waals surface area contributed by atoms with Crippen molar-refractivity contribution < 1.29 is 14.3 Å². The van der Waals surface area contributed by atoms with E-state index in [1.54, 1.807) is 7.11 Å². The Morgan fingerprint density at radius 1 is 1.50 bits per heavy atom. The maximum Gasteiger partial charge on any atom is 0.162 e. The lowest BCUT2D eigenvalue weighted by molar-refractivity contribution is -0.167. The Labute approximate surface area is 82.6 Å². The average molecular weight is 192 g/mol. The van der Waals surface area contributed by atoms with E-state index < -0.39 is 6.10 Å². The summed E-state index contributed by atoms with van der Waals surface area (Å²) >= 11 is 0. The van der Waals surface area contributed by atoms with Crippen molar-refractivity contribution in [2.75, 3.05) is 7.11 Å². The first-order chi connectivity index (χ1) is 6.85. The van der Waals surface area contributed by atoms with Gasteiger partial charge in [0.2, 0.25) is 0 Å². The highest BCUT2D eigenvalue weighted by Crippen LogP contribution is 2.28. The Morgan fingerprint density at radius 3 is 3.00 bits per heavy atom. The minimum Gasteiger partial charge on any atom is -0.355 e. The van der Waals surface area contributed by atoms with Crippen molar-refractivity contribution in [2.24, 2.45) is 0 Å². The Morgan fingerprint density at radius 2 is 2.29 bits per heavy atom. The predicted molar refractivity (Wildman–Crippen MR) is 50.8 cm³/mol. The zero-order valence-electron chi connectivity index (χ0n) is 7.97. The highest BCUT2D eigenvalue weighted by molar-refractivity contribution is 5.61. The van der Waals surface area contributed by atoms with Gasteiger partial charge in [0.1, 0.15) is 6.10 Å². The lowest BCUT2D eigenvalue weighted by Crippen LogP contribution is -2.28. The second-order valence-electron chi connectivity index (χ2n) is 3.26. The molecule has 0 bridgehead atoms. The highest BCUT2D eigenvalue weighted by Gasteiger charge is 2.26. The number of benzene rings is 1. The van der Waals surface area contributed by atoms with Crippen LogP contribution in [0.4, 0.5) is 0 Å². The molecular weight excluding hydrogens is 180 g/mol. The van der Waals surface area contributed by atoms with Gasteiger partial charge < -0.3 is 14.3 Å². The first-order valence-corrected chi connectivity index (χ1v) is 4.56. The zero-order valence-corrected chi connectivity index (χ0v) is 7.97. The Kier molecular flexibility index (Phi) is 2.61. The van der Waals surface area contributed by atoms with E-state index in [4.69, 9.17) is 9.47 Å². The summed E-state index contributed by atoms with van der Waals surface area (Å²) in [5, 5.41) is 0. The lowest BCUT2D eigenvalue weighted by atomic mass is 9.98. The number of aldehydes is 1. The van der Waals surface area contributed by atoms with Gasteiger partial charge >= 0.3 is 0 Å². The summed E-state index contributed by atoms with van der Waals surface area (Å²) in [7, 11) is 1.58. The molecule has 1 aromatic rings. The first-order valence-electron chi connectivity index (χ1n) is 4.56. The molecule has 2 rings (SSSR count). The van der Waals surface area contributed by atoms with E-state index in [1.807, 2.05) is 24.3 Å². The summed E-state index contributed by atoms with van der Waals surface area (Å²) in [5.41, 5.74) is 2.08. The summed E-state index contributed by atoms with van der Waals surface area (Å²) < 4.78 is 10.5. The fourth-order valence-electron chi connectivity index (χ4n) is 1.71. The predicted octanol–water partition coefficient (Wildman–Crippen LogP) is 1.47. The highest BCUT2D eigenvalue weighted by atomic mass is 16.7. The lowest BCUT2D eigenvalue weighted by Gasteiger charge is -2.28. The molecule has 0 N–H and O–H groups in total. The number of carbonyl (C=O) groups excluding carboxylic acids is 1. The van der Waals surface area contributed by atoms with Crippen molar-refractivity contribution in [1.29, 1.82) is 0 Å². The third-order valence-corrected chi connectivity index (χ3v) is 2.43. The van der Waals surface area contributed by atoms with E-state index in [-0.39, 0.29) is 6.29 Å². The van der Waals surface area contributed by atoms with Crippen LogP contribution in [0.1, 0.15) is 17.2 Å². The van der Waals surface area contributed by atoms with Crippen LogP contribution in [-0.2, 0) is 20.7 Å². The SMILES string of the molecule is COC1Cc2ccccc2C(C=O)O1. The molecule has 1 heterocycles. The number of rotatable bonds is 2. The van der Waals surface area contributed by atoms with Crippen molar-refractivity contribution in [3.05, 3.63) is 35.4 Å². The van der Waals surface area contributed by atoms with Crippen molar-refractivity contribution in [3.8, 4) is 0 Å². The molecule has 1 aliphatic heterocycles. The third-order valence-electron chi connectivity index (χ3n) is 2.43. The van der Waals surface area contributed by atoms with E-state index in [2.05, 4.69) is 0 Å². The molecule has 0 amide bonds. The topological polar surface area (TPSA) is 35.5 Å². The van der Waals surface area contributed by atoms with E-state index in [9.17, 15) is 4.79 Å². The number of fused-ring (bicyclic) bond motifs is 1. The molecule has 2 atom stereocenters. The summed E-state index contributed by atoms with van der Waals surface area (Å²) in [6.45, 7) is 0. The summed E-state index contributed by atoms with van der Waals surface area (Å²) in [6, 6.07) is 7.78. The smallest absolute Gasteiger partial charge is 0.162 e. The number of hydrogen-bond acceptors (Lipinski definition) is 3. The zero-order chi connectivity index (χ0) is 9.97. The number of carbonyl (C=O) groups is 1. The van der Waals surface area contributed by atoms with Gasteiger partial charge in [0.25, 0.3) is 0 Å². The number of hydrogen-bond donors (Lipinski definition) is 0. The molecule has 0 spiro atoms. The van der Waals surface area contributed by atoms with Crippen molar-refractivity contribution in [2.45, 2.75) is 18.8 Å². The van der Waals surface area contributed by atoms with Gasteiger partial charge in [-0.3, -0.25) is 0 Å². The number of methoxy groups -OCH3 is 1. The van der Waals surface area contributed by atoms with Crippen LogP contribution in [0.25, 0.3) is 0 Å². The largest absolute Gasteiger partial charge is 0.355 e. The maximum atomic E-state index is 10.8. The van der Waals surface area contributed by atoms with Crippen LogP contribution in [0.5, 0.6) is 0 Å². The fraction of sp³-hybridized carbons (Fsp3) is 0.364. The molecule has 3 heteroatoms. The molecule has 74 valence electrons. The quantitative estimate of drug-likeness (QED) is 0.666. The van der Waals surface area contributed by atoms with Crippen LogP contribution in [0.15, 0.2) is 24.3 Å². The molecule has 0 aromatic heterocycles. The average Bonchev–Trinajstić information content (AvgIpc) is 2.27. The third kappa shape index (κ3) is 1.56. The maximum absolute atomic E-state index is 10.8. The van der Waals surface area contributed by atoms with Crippen LogP contribution in [0, 0.1) is 0 Å². The monoisotopic (exact) mass is 192 g/mol. The summed E-state index contributed by atoms with van der Waals surface area (Å²) in [4.78, 5) is 10.8. The molecular formula is C11H12O3. The van der Waals surface area contributed by atoms with Crippen LogP contribution in [-0.4, -0.2) is 19.7 Å². The van der Waals surface area contributed by atoms with Crippen LogP contribution in [0.3, 0.4) is 0 Å². The molecule has 0 aliphatic carbocycles. The van der Waals surface area contributed by atoms with Gasteiger partial charge in [-0.25, -0.2) is 0 Å². The molecule has 1 aromatic carbocycles. The van der Waals surface area contributed by atoms with Crippen LogP contribution < -0.4 is 0 Å². The van der Waals surface area contributed by atoms with E-state index in [0.717, 1.165) is 17.4 Å². The minimum absolute atomic E-state index is 0.305. The Bertz CT molecular complexity index is 335. The van der Waals surface area contributed by atoms with Gasteiger partial charge in [-0.1, -0.05) is 24.3 Å². The summed E-state index contributed by atoms with van der Waals surface area (Å²) in [5.74, 6) is 0. The molecule has 1 aliphatic rings. The standard InChI is InChI=1S/C11H12O3/c1-13-11-6-8-4-2-3-5-9(8)10(7-12)14-11/h2-5,7,10-11H,6H2,1H3. The molecule has 0 saturated carbocycles. The first kappa shape index (κ1) is 9.37. The second kappa shape index (κ2) is 3.90. The van der Waals surface area contributed by atoms with Gasteiger partial charge in [-0.05, 0) is 11.1 Å². The van der Waals surface area contributed by atoms with Gasteiger partial charge in [-0.2, -0.15) is 0 Å². The summed E-state index contributed by atoms with van der Waals surface area (Å²) in [6.07, 6.45) is 0.728. The molecule has 0 radical (unpaired) electrons. The van der Waals surface area contributed by atoms with Crippen molar-refractivity contribution in [1.82, 2.24) is 0 Å². The van der Waals surface area contributed by atoms with Crippen molar-refractivity contribution >= 4 is 6.29 Å². The van der Waals surface area contributed by atoms with Gasteiger partial charge in [-0.15, -0.1) is 0 Å². The van der Waals surface area contributed by atoms with E-state index in [0.29, 0.717) is 6.42 Å². The van der Waals surface area contributed by atoms with Crippen LogP contribution in [0.2, 0.25) is 0 Å². The molecule has 2 unspecified atom stereocenters. The second-order valence-corrected chi connectivity index (χ2v) is 3.26. The normalized spacial score (nSPS) is 25.5. The van der Waals surface area contributed by atoms with Gasteiger partial charge in [0.15, 0.2) is 12.6 Å². The van der Waals surface area contributed by atoms with E-state index >= 15 is 0 Å². The molecule has 0 fully saturated rings. The van der Waals surface area contributed by atoms with Crippen LogP contribution >= 0.6 is 0 Å².